The number of hydrogen-bond donors (Lipinski definition) is 1. The summed E-state index contributed by atoms with van der Waals surface area (Å²) in [6.07, 6.45) is 0.574. The second-order valence-corrected chi connectivity index (χ2v) is 4.69. The second kappa shape index (κ2) is 4.69. The summed E-state index contributed by atoms with van der Waals surface area (Å²) in [5.41, 5.74) is 0.0839. The van der Waals surface area contributed by atoms with Gasteiger partial charge in [0.2, 0.25) is 5.91 Å². The van der Waals surface area contributed by atoms with Gasteiger partial charge in [-0.3, -0.25) is 4.79 Å². The molecule has 0 radical (unpaired) electrons. The Kier molecular flexibility index (Phi) is 3.24. The molecule has 1 aromatic rings. The summed E-state index contributed by atoms with van der Waals surface area (Å²) in [5.74, 6) is 0.291. The number of carbonyl (C=O) groups excluding carboxylic acids is 1. The number of rotatable bonds is 3. The highest BCUT2D eigenvalue weighted by atomic mass is 16.5. The Morgan fingerprint density at radius 3 is 3.00 bits per heavy atom. The van der Waals surface area contributed by atoms with Crippen LogP contribution in [-0.2, 0) is 4.79 Å². The van der Waals surface area contributed by atoms with Crippen molar-refractivity contribution in [1.82, 2.24) is 5.32 Å². The highest BCUT2D eigenvalue weighted by molar-refractivity contribution is 5.86. The predicted molar refractivity (Wildman–Crippen MR) is 67.1 cm³/mol. The van der Waals surface area contributed by atoms with Gasteiger partial charge in [0.15, 0.2) is 0 Å². The molecule has 1 heterocycles. The lowest BCUT2D eigenvalue weighted by molar-refractivity contribution is -0.124. The van der Waals surface area contributed by atoms with Crippen LogP contribution in [0.1, 0.15) is 31.7 Å². The molecule has 0 fully saturated rings. The lowest BCUT2D eigenvalue weighted by atomic mass is 9.96. The zero-order valence-electron chi connectivity index (χ0n) is 10.6. The molecule has 1 N–H and O–H groups in total. The maximum absolute atomic E-state index is 12.2. The highest BCUT2D eigenvalue weighted by Crippen LogP contribution is 2.33. The van der Waals surface area contributed by atoms with Crippen molar-refractivity contribution in [1.29, 1.82) is 5.26 Å². The van der Waals surface area contributed by atoms with Crippen LogP contribution in [0.4, 0.5) is 0 Å². The fraction of sp³-hybridized carbons (Fsp3) is 0.429. The standard InChI is InChI=1S/C14H16N2O2/c1-3-14(2,9-15)16-13(17)11-8-18-12-7-5-4-6-10(11)12/h4-7,11H,3,8H2,1-2H3,(H,16,17). The Balaban J connectivity index is 2.16. The average Bonchev–Trinajstić information content (AvgIpc) is 2.82. The molecule has 94 valence electrons. The van der Waals surface area contributed by atoms with Crippen molar-refractivity contribution in [2.24, 2.45) is 0 Å². The van der Waals surface area contributed by atoms with Crippen molar-refractivity contribution in [3.63, 3.8) is 0 Å². The molecule has 4 nitrogen and oxygen atoms in total. The van der Waals surface area contributed by atoms with Gasteiger partial charge in [-0.25, -0.2) is 0 Å². The molecule has 0 spiro atoms. The predicted octanol–water partition coefficient (Wildman–Crippen LogP) is 1.97. The van der Waals surface area contributed by atoms with Gasteiger partial charge in [-0.05, 0) is 19.4 Å². The first-order valence-electron chi connectivity index (χ1n) is 6.04. The average molecular weight is 244 g/mol. The molecule has 0 saturated heterocycles. The van der Waals surface area contributed by atoms with Crippen molar-refractivity contribution < 1.29 is 9.53 Å². The molecule has 0 bridgehead atoms. The number of carbonyl (C=O) groups is 1. The van der Waals surface area contributed by atoms with E-state index >= 15 is 0 Å². The Hall–Kier alpha value is -2.02. The minimum atomic E-state index is -0.811. The quantitative estimate of drug-likeness (QED) is 0.884. The Labute approximate surface area is 107 Å². The van der Waals surface area contributed by atoms with Gasteiger partial charge in [0.05, 0.1) is 6.07 Å². The molecule has 0 aliphatic carbocycles. The van der Waals surface area contributed by atoms with Crippen molar-refractivity contribution in [3.05, 3.63) is 29.8 Å². The van der Waals surface area contributed by atoms with Crippen molar-refractivity contribution in [2.45, 2.75) is 31.7 Å². The number of benzene rings is 1. The topological polar surface area (TPSA) is 62.1 Å². The first-order chi connectivity index (χ1) is 8.59. The van der Waals surface area contributed by atoms with Gasteiger partial charge in [-0.1, -0.05) is 25.1 Å². The first kappa shape index (κ1) is 12.4. The van der Waals surface area contributed by atoms with Gasteiger partial charge in [0.1, 0.15) is 23.8 Å². The Morgan fingerprint density at radius 1 is 1.61 bits per heavy atom. The maximum Gasteiger partial charge on any atom is 0.232 e. The maximum atomic E-state index is 12.2. The van der Waals surface area contributed by atoms with Gasteiger partial charge in [0.25, 0.3) is 0 Å². The summed E-state index contributed by atoms with van der Waals surface area (Å²) in [5, 5.41) is 11.9. The summed E-state index contributed by atoms with van der Waals surface area (Å²) in [6, 6.07) is 9.64. The van der Waals surface area contributed by atoms with Crippen molar-refractivity contribution in [2.75, 3.05) is 6.61 Å². The smallest absolute Gasteiger partial charge is 0.232 e. The third-order valence-electron chi connectivity index (χ3n) is 3.37. The summed E-state index contributed by atoms with van der Waals surface area (Å²) < 4.78 is 5.47. The Morgan fingerprint density at radius 2 is 2.33 bits per heavy atom. The minimum Gasteiger partial charge on any atom is -0.492 e. The lowest BCUT2D eigenvalue weighted by Gasteiger charge is -2.23. The van der Waals surface area contributed by atoms with Crippen molar-refractivity contribution >= 4 is 5.91 Å². The van der Waals surface area contributed by atoms with E-state index in [0.717, 1.165) is 11.3 Å². The zero-order valence-corrected chi connectivity index (χ0v) is 10.6. The number of ether oxygens (including phenoxy) is 1. The van der Waals surface area contributed by atoms with Gasteiger partial charge >= 0.3 is 0 Å². The molecule has 1 amide bonds. The number of hydrogen-bond acceptors (Lipinski definition) is 3. The van der Waals surface area contributed by atoms with Crippen LogP contribution < -0.4 is 10.1 Å². The van der Waals surface area contributed by atoms with E-state index in [1.54, 1.807) is 6.92 Å². The summed E-state index contributed by atoms with van der Waals surface area (Å²) in [7, 11) is 0. The normalized spacial score (nSPS) is 20.2. The largest absolute Gasteiger partial charge is 0.492 e. The lowest BCUT2D eigenvalue weighted by Crippen LogP contribution is -2.46. The van der Waals surface area contributed by atoms with Crippen molar-refractivity contribution in [3.8, 4) is 11.8 Å². The molecule has 0 aromatic heterocycles. The summed E-state index contributed by atoms with van der Waals surface area (Å²) in [6.45, 7) is 3.95. The van der Waals surface area contributed by atoms with E-state index in [2.05, 4.69) is 11.4 Å². The van der Waals surface area contributed by atoms with Crippen LogP contribution in [0.15, 0.2) is 24.3 Å². The zero-order chi connectivity index (χ0) is 13.2. The molecule has 1 aromatic carbocycles. The SMILES string of the molecule is CCC(C)(C#N)NC(=O)C1COc2ccccc21. The summed E-state index contributed by atoms with van der Waals surface area (Å²) in [4.78, 5) is 12.2. The van der Waals surface area contributed by atoms with E-state index in [-0.39, 0.29) is 11.8 Å². The molecule has 4 heteroatoms. The highest BCUT2D eigenvalue weighted by Gasteiger charge is 2.34. The number of nitrogens with one attached hydrogen (secondary N) is 1. The van der Waals surface area contributed by atoms with E-state index in [4.69, 9.17) is 10.00 Å². The monoisotopic (exact) mass is 244 g/mol. The van der Waals surface area contributed by atoms with Gasteiger partial charge in [-0.15, -0.1) is 0 Å². The molecule has 2 unspecified atom stereocenters. The number of amides is 1. The fourth-order valence-corrected chi connectivity index (χ4v) is 1.93. The molecule has 0 saturated carbocycles. The van der Waals surface area contributed by atoms with E-state index in [1.165, 1.54) is 0 Å². The Bertz CT molecular complexity index is 507. The number of para-hydroxylation sites is 1. The van der Waals surface area contributed by atoms with E-state index in [0.29, 0.717) is 13.0 Å². The summed E-state index contributed by atoms with van der Waals surface area (Å²) >= 11 is 0. The fourth-order valence-electron chi connectivity index (χ4n) is 1.93. The third-order valence-corrected chi connectivity index (χ3v) is 3.37. The van der Waals surface area contributed by atoms with Crippen LogP contribution in [0.5, 0.6) is 5.75 Å². The molecule has 2 rings (SSSR count). The molecule has 1 aliphatic rings. The molecule has 2 atom stereocenters. The van der Waals surface area contributed by atoms with Crippen LogP contribution in [0.25, 0.3) is 0 Å². The van der Waals surface area contributed by atoms with E-state index in [9.17, 15) is 4.79 Å². The van der Waals surface area contributed by atoms with Crippen LogP contribution >= 0.6 is 0 Å². The van der Waals surface area contributed by atoms with Crippen LogP contribution in [-0.4, -0.2) is 18.1 Å². The number of fused-ring (bicyclic) bond motifs is 1. The number of nitrogens with zero attached hydrogens (tertiary/aromatic N) is 1. The molecule has 1 aliphatic heterocycles. The minimum absolute atomic E-state index is 0.147. The number of nitriles is 1. The molecular formula is C14H16N2O2. The molecular weight excluding hydrogens is 228 g/mol. The second-order valence-electron chi connectivity index (χ2n) is 4.69. The van der Waals surface area contributed by atoms with Gasteiger partial charge in [-0.2, -0.15) is 5.26 Å². The van der Waals surface area contributed by atoms with Crippen LogP contribution in [0.2, 0.25) is 0 Å². The molecule has 18 heavy (non-hydrogen) atoms. The van der Waals surface area contributed by atoms with E-state index in [1.807, 2.05) is 31.2 Å². The van der Waals surface area contributed by atoms with Gasteiger partial charge in [0, 0.05) is 5.56 Å². The van der Waals surface area contributed by atoms with Crippen LogP contribution in [0.3, 0.4) is 0 Å². The van der Waals surface area contributed by atoms with Crippen LogP contribution in [0, 0.1) is 11.3 Å². The first-order valence-corrected chi connectivity index (χ1v) is 6.04. The third kappa shape index (κ3) is 2.17. The van der Waals surface area contributed by atoms with Gasteiger partial charge < -0.3 is 10.1 Å². The van der Waals surface area contributed by atoms with E-state index < -0.39 is 5.54 Å².